The minimum Gasteiger partial charge on any atom is -0.472 e. The fourth-order valence-corrected chi connectivity index (χ4v) is 2.60. The van der Waals surface area contributed by atoms with Crippen molar-refractivity contribution in [3.8, 4) is 11.4 Å². The summed E-state index contributed by atoms with van der Waals surface area (Å²) in [4.78, 5) is 19.7. The van der Waals surface area contributed by atoms with Crippen molar-refractivity contribution in [3.63, 3.8) is 0 Å². The summed E-state index contributed by atoms with van der Waals surface area (Å²) in [6.07, 6.45) is 6.21. The van der Waals surface area contributed by atoms with Crippen LogP contribution >= 0.6 is 11.8 Å². The average Bonchev–Trinajstić information content (AvgIpc) is 3.23. The number of furan rings is 1. The van der Waals surface area contributed by atoms with Gasteiger partial charge in [0, 0.05) is 0 Å². The maximum absolute atomic E-state index is 5.21. The van der Waals surface area contributed by atoms with Gasteiger partial charge in [0.05, 0.1) is 23.9 Å². The summed E-state index contributed by atoms with van der Waals surface area (Å²) < 4.78 is 10.2. The molecule has 0 aliphatic heterocycles. The number of thioether (sulfide) groups is 1. The lowest BCUT2D eigenvalue weighted by Crippen LogP contribution is -1.87. The second-order valence-corrected chi connectivity index (χ2v) is 5.06. The van der Waals surface area contributed by atoms with Gasteiger partial charge in [0.25, 0.3) is 0 Å². The highest BCUT2D eigenvalue weighted by atomic mass is 32.2. The van der Waals surface area contributed by atoms with Crippen molar-refractivity contribution in [2.45, 2.75) is 10.8 Å². The predicted octanol–water partition coefficient (Wildman–Crippen LogP) is 2.29. The summed E-state index contributed by atoms with van der Waals surface area (Å²) in [5.41, 5.74) is 2.22. The Morgan fingerprint density at radius 3 is 3.14 bits per heavy atom. The van der Waals surface area contributed by atoms with Crippen LogP contribution in [0.5, 0.6) is 0 Å². The highest BCUT2D eigenvalue weighted by Gasteiger charge is 2.12. The number of fused-ring (bicyclic) bond motifs is 1. The van der Waals surface area contributed by atoms with Gasteiger partial charge in [-0.3, -0.25) is 0 Å². The van der Waals surface area contributed by atoms with Crippen LogP contribution in [0.3, 0.4) is 0 Å². The zero-order valence-electron chi connectivity index (χ0n) is 10.6. The zero-order valence-corrected chi connectivity index (χ0v) is 11.4. The van der Waals surface area contributed by atoms with Crippen LogP contribution < -0.4 is 0 Å². The first kappa shape index (κ1) is 12.1. The molecule has 0 aliphatic carbocycles. The highest BCUT2D eigenvalue weighted by molar-refractivity contribution is 7.98. The molecule has 0 aromatic carbocycles. The third-order valence-corrected chi connectivity index (χ3v) is 3.74. The molecule has 4 aromatic heterocycles. The Kier molecular flexibility index (Phi) is 2.89. The Labute approximate surface area is 122 Å². The van der Waals surface area contributed by atoms with Crippen molar-refractivity contribution in [2.75, 3.05) is 0 Å². The second kappa shape index (κ2) is 5.02. The Hall–Kier alpha value is -2.68. The van der Waals surface area contributed by atoms with Gasteiger partial charge in [0.2, 0.25) is 11.7 Å². The molecule has 0 fully saturated rings. The highest BCUT2D eigenvalue weighted by Crippen LogP contribution is 2.25. The fraction of sp³-hybridized carbons (Fsp3) is 0.0833. The first-order valence-electron chi connectivity index (χ1n) is 6.02. The number of aromatic amines is 1. The normalized spacial score (nSPS) is 11.2. The van der Waals surface area contributed by atoms with Crippen LogP contribution in [-0.2, 0) is 5.75 Å². The van der Waals surface area contributed by atoms with E-state index >= 15 is 0 Å². The molecule has 0 bridgehead atoms. The van der Waals surface area contributed by atoms with Gasteiger partial charge in [0.15, 0.2) is 5.65 Å². The van der Waals surface area contributed by atoms with Gasteiger partial charge in [-0.25, -0.2) is 15.0 Å². The molecule has 0 atom stereocenters. The molecule has 0 unspecified atom stereocenters. The summed E-state index contributed by atoms with van der Waals surface area (Å²) in [6, 6.07) is 1.78. The Balaban J connectivity index is 1.53. The molecule has 0 spiro atoms. The fourth-order valence-electron chi connectivity index (χ4n) is 1.80. The van der Waals surface area contributed by atoms with Crippen molar-refractivity contribution in [1.29, 1.82) is 0 Å². The minimum atomic E-state index is 0.508. The van der Waals surface area contributed by atoms with Gasteiger partial charge in [0.1, 0.15) is 23.1 Å². The molecule has 4 rings (SSSR count). The lowest BCUT2D eigenvalue weighted by molar-refractivity contribution is 0.391. The summed E-state index contributed by atoms with van der Waals surface area (Å²) >= 11 is 1.48. The SMILES string of the molecule is c1nc(SCc2nc(-c3ccoc3)no2)c2[nH]cnc2n1. The molecule has 21 heavy (non-hydrogen) atoms. The van der Waals surface area contributed by atoms with E-state index in [9.17, 15) is 0 Å². The molecule has 0 saturated carbocycles. The molecule has 4 heterocycles. The number of nitrogens with one attached hydrogen (secondary N) is 1. The van der Waals surface area contributed by atoms with Crippen LogP contribution in [0.2, 0.25) is 0 Å². The molecule has 104 valence electrons. The summed E-state index contributed by atoms with van der Waals surface area (Å²) in [6.45, 7) is 0. The Morgan fingerprint density at radius 2 is 2.24 bits per heavy atom. The van der Waals surface area contributed by atoms with E-state index in [1.807, 2.05) is 0 Å². The van der Waals surface area contributed by atoms with Crippen molar-refractivity contribution >= 4 is 22.9 Å². The predicted molar refractivity (Wildman–Crippen MR) is 73.2 cm³/mol. The molecular weight excluding hydrogens is 292 g/mol. The standard InChI is InChI=1S/C12H8N6O2S/c1-2-19-3-7(1)10-17-8(20-18-10)4-21-12-9-11(14-5-13-9)15-6-16-12/h1-3,5-6H,4H2,(H,13,14,15,16). The molecule has 0 aliphatic rings. The number of hydrogen-bond acceptors (Lipinski definition) is 8. The van der Waals surface area contributed by atoms with Gasteiger partial charge >= 0.3 is 0 Å². The first-order chi connectivity index (χ1) is 10.4. The molecule has 0 saturated heterocycles. The number of H-pyrrole nitrogens is 1. The number of rotatable bonds is 4. The molecule has 8 nitrogen and oxygen atoms in total. The van der Waals surface area contributed by atoms with E-state index in [1.165, 1.54) is 18.1 Å². The number of nitrogens with zero attached hydrogens (tertiary/aromatic N) is 5. The van der Waals surface area contributed by atoms with E-state index in [-0.39, 0.29) is 0 Å². The quantitative estimate of drug-likeness (QED) is 0.452. The van der Waals surface area contributed by atoms with E-state index in [0.717, 1.165) is 16.1 Å². The molecule has 9 heteroatoms. The van der Waals surface area contributed by atoms with Crippen LogP contribution in [0, 0.1) is 0 Å². The van der Waals surface area contributed by atoms with E-state index < -0.39 is 0 Å². The molecule has 4 aromatic rings. The third-order valence-electron chi connectivity index (χ3n) is 2.77. The summed E-state index contributed by atoms with van der Waals surface area (Å²) in [7, 11) is 0. The van der Waals surface area contributed by atoms with Gasteiger partial charge in [-0.15, -0.1) is 0 Å². The molecule has 0 amide bonds. The van der Waals surface area contributed by atoms with Crippen LogP contribution in [0.4, 0.5) is 0 Å². The molecule has 0 radical (unpaired) electrons. The van der Waals surface area contributed by atoms with Gasteiger partial charge in [-0.2, -0.15) is 4.98 Å². The second-order valence-electron chi connectivity index (χ2n) is 4.09. The Morgan fingerprint density at radius 1 is 1.24 bits per heavy atom. The number of hydrogen-bond donors (Lipinski definition) is 1. The zero-order chi connectivity index (χ0) is 14.1. The Bertz CT molecular complexity index is 869. The van der Waals surface area contributed by atoms with Crippen molar-refractivity contribution in [2.24, 2.45) is 0 Å². The topological polar surface area (TPSA) is 107 Å². The van der Waals surface area contributed by atoms with Crippen LogP contribution in [0.25, 0.3) is 22.6 Å². The summed E-state index contributed by atoms with van der Waals surface area (Å²) in [5, 5.41) is 4.70. The lowest BCUT2D eigenvalue weighted by Gasteiger charge is -1.97. The first-order valence-corrected chi connectivity index (χ1v) is 7.01. The van der Waals surface area contributed by atoms with Gasteiger partial charge in [-0.05, 0) is 6.07 Å². The maximum Gasteiger partial charge on any atom is 0.237 e. The molecule has 1 N–H and O–H groups in total. The van der Waals surface area contributed by atoms with Crippen LogP contribution in [0.15, 0.2) is 45.2 Å². The summed E-state index contributed by atoms with van der Waals surface area (Å²) in [5.74, 6) is 1.53. The average molecular weight is 300 g/mol. The van der Waals surface area contributed by atoms with Crippen molar-refractivity contribution < 1.29 is 8.94 Å². The van der Waals surface area contributed by atoms with E-state index in [0.29, 0.717) is 23.1 Å². The van der Waals surface area contributed by atoms with Crippen LogP contribution in [-0.4, -0.2) is 30.1 Å². The maximum atomic E-state index is 5.21. The monoisotopic (exact) mass is 300 g/mol. The van der Waals surface area contributed by atoms with E-state index in [1.54, 1.807) is 24.9 Å². The van der Waals surface area contributed by atoms with Gasteiger partial charge < -0.3 is 13.9 Å². The third kappa shape index (κ3) is 2.27. The van der Waals surface area contributed by atoms with E-state index in [4.69, 9.17) is 8.94 Å². The van der Waals surface area contributed by atoms with Crippen molar-refractivity contribution in [1.82, 2.24) is 30.1 Å². The number of imidazole rings is 1. The van der Waals surface area contributed by atoms with Crippen LogP contribution in [0.1, 0.15) is 5.89 Å². The number of aromatic nitrogens is 6. The smallest absolute Gasteiger partial charge is 0.237 e. The molecular formula is C12H8N6O2S. The van der Waals surface area contributed by atoms with Gasteiger partial charge in [-0.1, -0.05) is 16.9 Å². The largest absolute Gasteiger partial charge is 0.472 e. The minimum absolute atomic E-state index is 0.508. The lowest BCUT2D eigenvalue weighted by atomic mass is 10.3. The van der Waals surface area contributed by atoms with E-state index in [2.05, 4.69) is 30.1 Å². The van der Waals surface area contributed by atoms with Crippen molar-refractivity contribution in [3.05, 3.63) is 37.1 Å².